The summed E-state index contributed by atoms with van der Waals surface area (Å²) in [5, 5.41) is 1.27. The van der Waals surface area contributed by atoms with Gasteiger partial charge in [0.25, 0.3) is 0 Å². The van der Waals surface area contributed by atoms with Crippen LogP contribution in [-0.2, 0) is 6.42 Å². The molecule has 0 spiro atoms. The molecule has 0 aliphatic heterocycles. The zero-order valence-corrected chi connectivity index (χ0v) is 9.77. The molecule has 2 heteroatoms. The van der Waals surface area contributed by atoms with Crippen molar-refractivity contribution in [2.75, 3.05) is 0 Å². The summed E-state index contributed by atoms with van der Waals surface area (Å²) in [6, 6.07) is 12.8. The molecular formula is C15H14N2. The first-order chi connectivity index (χ1) is 8.36. The van der Waals surface area contributed by atoms with E-state index in [4.69, 9.17) is 0 Å². The first kappa shape index (κ1) is 10.1. The van der Waals surface area contributed by atoms with Crippen molar-refractivity contribution in [3.63, 3.8) is 0 Å². The van der Waals surface area contributed by atoms with Crippen molar-refractivity contribution >= 4 is 10.9 Å². The molecule has 1 aromatic carbocycles. The second-order valence-corrected chi connectivity index (χ2v) is 4.20. The summed E-state index contributed by atoms with van der Waals surface area (Å²) in [7, 11) is 0. The lowest BCUT2D eigenvalue weighted by atomic mass is 10.1. The number of aromatic amines is 1. The average Bonchev–Trinajstić information content (AvgIpc) is 2.82. The monoisotopic (exact) mass is 222 g/mol. The highest BCUT2D eigenvalue weighted by Crippen LogP contribution is 2.24. The maximum absolute atomic E-state index is 4.14. The highest BCUT2D eigenvalue weighted by atomic mass is 14.7. The topological polar surface area (TPSA) is 28.7 Å². The summed E-state index contributed by atoms with van der Waals surface area (Å²) >= 11 is 0. The number of fused-ring (bicyclic) bond motifs is 1. The van der Waals surface area contributed by atoms with Crippen molar-refractivity contribution in [3.05, 3.63) is 54.4 Å². The second-order valence-electron chi connectivity index (χ2n) is 4.20. The second kappa shape index (κ2) is 4.06. The van der Waals surface area contributed by atoms with Crippen LogP contribution in [0.3, 0.4) is 0 Å². The molecule has 0 fully saturated rings. The summed E-state index contributed by atoms with van der Waals surface area (Å²) < 4.78 is 0. The van der Waals surface area contributed by atoms with Crippen LogP contribution in [0.2, 0.25) is 0 Å². The average molecular weight is 222 g/mol. The van der Waals surface area contributed by atoms with Crippen molar-refractivity contribution in [2.24, 2.45) is 0 Å². The van der Waals surface area contributed by atoms with Crippen molar-refractivity contribution in [2.45, 2.75) is 13.3 Å². The van der Waals surface area contributed by atoms with E-state index in [2.05, 4.69) is 47.2 Å². The molecule has 0 bridgehead atoms. The largest absolute Gasteiger partial charge is 0.354 e. The summed E-state index contributed by atoms with van der Waals surface area (Å²) in [4.78, 5) is 7.57. The number of rotatable bonds is 2. The van der Waals surface area contributed by atoms with E-state index in [-0.39, 0.29) is 0 Å². The summed E-state index contributed by atoms with van der Waals surface area (Å²) in [5.74, 6) is 0. The van der Waals surface area contributed by atoms with Gasteiger partial charge in [0.05, 0.1) is 0 Å². The van der Waals surface area contributed by atoms with Crippen LogP contribution in [0, 0.1) is 0 Å². The van der Waals surface area contributed by atoms with Crippen molar-refractivity contribution in [3.8, 4) is 11.3 Å². The van der Waals surface area contributed by atoms with Crippen molar-refractivity contribution in [1.29, 1.82) is 0 Å². The summed E-state index contributed by atoms with van der Waals surface area (Å²) in [6.45, 7) is 2.18. The Morgan fingerprint density at radius 1 is 1.18 bits per heavy atom. The molecular weight excluding hydrogens is 208 g/mol. The van der Waals surface area contributed by atoms with Gasteiger partial charge in [0.2, 0.25) is 0 Å². The zero-order chi connectivity index (χ0) is 11.7. The van der Waals surface area contributed by atoms with Crippen LogP contribution < -0.4 is 0 Å². The van der Waals surface area contributed by atoms with Crippen LogP contribution in [0.4, 0.5) is 0 Å². The molecule has 0 saturated heterocycles. The molecule has 0 aliphatic rings. The number of hydrogen-bond donors (Lipinski definition) is 1. The van der Waals surface area contributed by atoms with Gasteiger partial charge in [-0.25, -0.2) is 0 Å². The number of nitrogens with zero attached hydrogens (tertiary/aromatic N) is 1. The Morgan fingerprint density at radius 3 is 2.88 bits per heavy atom. The molecule has 2 nitrogen and oxygen atoms in total. The Bertz CT molecular complexity index is 638. The number of pyridine rings is 1. The Hall–Kier alpha value is -2.09. The third-order valence-electron chi connectivity index (χ3n) is 3.07. The highest BCUT2D eigenvalue weighted by molar-refractivity contribution is 5.86. The molecule has 3 rings (SSSR count). The summed E-state index contributed by atoms with van der Waals surface area (Å²) in [5.41, 5.74) is 4.80. The Kier molecular flexibility index (Phi) is 2.41. The van der Waals surface area contributed by atoms with E-state index < -0.39 is 0 Å². The van der Waals surface area contributed by atoms with Crippen molar-refractivity contribution in [1.82, 2.24) is 9.97 Å². The maximum Gasteiger partial charge on any atom is 0.0480 e. The van der Waals surface area contributed by atoms with E-state index in [0.717, 1.165) is 17.7 Å². The van der Waals surface area contributed by atoms with Gasteiger partial charge in [0.1, 0.15) is 0 Å². The van der Waals surface area contributed by atoms with Crippen LogP contribution in [-0.4, -0.2) is 9.97 Å². The minimum atomic E-state index is 1.07. The van der Waals surface area contributed by atoms with Crippen LogP contribution in [0.25, 0.3) is 22.2 Å². The molecule has 17 heavy (non-hydrogen) atoms. The Morgan fingerprint density at radius 2 is 2.12 bits per heavy atom. The van der Waals surface area contributed by atoms with Gasteiger partial charge in [-0.15, -0.1) is 0 Å². The fourth-order valence-corrected chi connectivity index (χ4v) is 2.08. The smallest absolute Gasteiger partial charge is 0.0480 e. The van der Waals surface area contributed by atoms with E-state index in [1.165, 1.54) is 16.5 Å². The number of H-pyrrole nitrogens is 1. The lowest BCUT2D eigenvalue weighted by molar-refractivity contribution is 1.15. The zero-order valence-electron chi connectivity index (χ0n) is 9.77. The number of hydrogen-bond acceptors (Lipinski definition) is 1. The fourth-order valence-electron chi connectivity index (χ4n) is 2.08. The van der Waals surface area contributed by atoms with Gasteiger partial charge in [0.15, 0.2) is 0 Å². The number of benzene rings is 1. The van der Waals surface area contributed by atoms with Crippen LogP contribution >= 0.6 is 0 Å². The highest BCUT2D eigenvalue weighted by Gasteiger charge is 2.03. The van der Waals surface area contributed by atoms with E-state index in [9.17, 15) is 0 Å². The van der Waals surface area contributed by atoms with Gasteiger partial charge in [-0.05, 0) is 42.3 Å². The minimum Gasteiger partial charge on any atom is -0.354 e. The predicted octanol–water partition coefficient (Wildman–Crippen LogP) is 3.79. The Labute approximate surface area is 100 Å². The maximum atomic E-state index is 4.14. The van der Waals surface area contributed by atoms with Gasteiger partial charge in [-0.2, -0.15) is 0 Å². The molecule has 0 atom stereocenters. The standard InChI is InChI=1S/C15H14N2/c1-2-11-5-6-14-13(8-11)9-15(17-14)12-4-3-7-16-10-12/h3-10,17H,2H2,1H3. The predicted molar refractivity (Wildman–Crippen MR) is 70.9 cm³/mol. The van der Waals surface area contributed by atoms with Gasteiger partial charge in [-0.3, -0.25) is 4.98 Å². The third-order valence-corrected chi connectivity index (χ3v) is 3.07. The molecule has 0 saturated carbocycles. The molecule has 2 heterocycles. The number of nitrogens with one attached hydrogen (secondary N) is 1. The normalized spacial score (nSPS) is 10.9. The summed E-state index contributed by atoms with van der Waals surface area (Å²) in [6.07, 6.45) is 4.75. The quantitative estimate of drug-likeness (QED) is 0.702. The molecule has 3 aromatic rings. The van der Waals surface area contributed by atoms with Crippen LogP contribution in [0.5, 0.6) is 0 Å². The van der Waals surface area contributed by atoms with Gasteiger partial charge >= 0.3 is 0 Å². The first-order valence-electron chi connectivity index (χ1n) is 5.89. The van der Waals surface area contributed by atoms with Gasteiger partial charge < -0.3 is 4.98 Å². The van der Waals surface area contributed by atoms with Gasteiger partial charge in [-0.1, -0.05) is 13.0 Å². The molecule has 0 amide bonds. The SMILES string of the molecule is CCc1ccc2[nH]c(-c3cccnc3)cc2c1. The molecule has 0 radical (unpaired) electrons. The number of aromatic nitrogens is 2. The lowest BCUT2D eigenvalue weighted by Crippen LogP contribution is -1.78. The molecule has 1 N–H and O–H groups in total. The van der Waals surface area contributed by atoms with Crippen molar-refractivity contribution < 1.29 is 0 Å². The van der Waals surface area contributed by atoms with Crippen LogP contribution in [0.1, 0.15) is 12.5 Å². The van der Waals surface area contributed by atoms with E-state index >= 15 is 0 Å². The fraction of sp³-hybridized carbons (Fsp3) is 0.133. The molecule has 84 valence electrons. The van der Waals surface area contributed by atoms with Crippen LogP contribution in [0.15, 0.2) is 48.8 Å². The van der Waals surface area contributed by atoms with E-state index in [0.29, 0.717) is 0 Å². The Balaban J connectivity index is 2.14. The number of aryl methyl sites for hydroxylation is 1. The lowest BCUT2D eigenvalue weighted by Gasteiger charge is -1.95. The van der Waals surface area contributed by atoms with E-state index in [1.807, 2.05) is 12.3 Å². The minimum absolute atomic E-state index is 1.07. The first-order valence-corrected chi connectivity index (χ1v) is 5.89. The van der Waals surface area contributed by atoms with Gasteiger partial charge in [0, 0.05) is 34.6 Å². The molecule has 0 unspecified atom stereocenters. The third kappa shape index (κ3) is 1.82. The molecule has 2 aromatic heterocycles. The molecule has 0 aliphatic carbocycles. The van der Waals surface area contributed by atoms with E-state index in [1.54, 1.807) is 6.20 Å².